The number of carbonyl (C=O) groups is 1. The summed E-state index contributed by atoms with van der Waals surface area (Å²) in [6, 6.07) is 7.05. The van der Waals surface area contributed by atoms with E-state index in [2.05, 4.69) is 34.8 Å². The highest BCUT2D eigenvalue weighted by atomic mass is 16.5. The Bertz CT molecular complexity index is 512. The van der Waals surface area contributed by atoms with Gasteiger partial charge in [-0.1, -0.05) is 13.8 Å². The minimum absolute atomic E-state index is 0.0961. The maximum absolute atomic E-state index is 12.0. The fraction of sp³-hybridized carbons (Fsp3) is 0.556. The van der Waals surface area contributed by atoms with Crippen molar-refractivity contribution in [3.8, 4) is 5.75 Å². The molecular weight excluding hydrogens is 304 g/mol. The summed E-state index contributed by atoms with van der Waals surface area (Å²) in [5.74, 6) is 2.07. The van der Waals surface area contributed by atoms with Crippen LogP contribution in [0.5, 0.6) is 5.75 Å². The van der Waals surface area contributed by atoms with Crippen molar-refractivity contribution in [1.29, 1.82) is 0 Å². The van der Waals surface area contributed by atoms with Crippen molar-refractivity contribution in [1.82, 2.24) is 16.0 Å². The Hall–Kier alpha value is -2.24. The number of methoxy groups -OCH3 is 1. The molecule has 0 saturated heterocycles. The topological polar surface area (TPSA) is 74.8 Å². The molecule has 1 rings (SSSR count). The van der Waals surface area contributed by atoms with Gasteiger partial charge in [0.2, 0.25) is 0 Å². The fourth-order valence-corrected chi connectivity index (χ4v) is 1.98. The molecule has 0 aromatic heterocycles. The molecule has 0 radical (unpaired) electrons. The summed E-state index contributed by atoms with van der Waals surface area (Å²) in [6.07, 6.45) is 1.06. The number of carbonyl (C=O) groups excluding carboxylic acids is 1. The van der Waals surface area contributed by atoms with Crippen molar-refractivity contribution < 1.29 is 9.53 Å². The molecule has 0 aliphatic carbocycles. The smallest absolute Gasteiger partial charge is 0.251 e. The third-order valence-electron chi connectivity index (χ3n) is 3.38. The van der Waals surface area contributed by atoms with Gasteiger partial charge >= 0.3 is 0 Å². The van der Waals surface area contributed by atoms with Gasteiger partial charge in [0.05, 0.1) is 7.11 Å². The number of aliphatic imine (C=N–C) groups is 1. The summed E-state index contributed by atoms with van der Waals surface area (Å²) in [4.78, 5) is 16.6. The van der Waals surface area contributed by atoms with Crippen molar-refractivity contribution in [3.05, 3.63) is 29.8 Å². The molecule has 1 aromatic carbocycles. The second-order valence-electron chi connectivity index (χ2n) is 5.85. The Kier molecular flexibility index (Phi) is 9.34. The van der Waals surface area contributed by atoms with Crippen LogP contribution in [0.15, 0.2) is 29.3 Å². The van der Waals surface area contributed by atoms with Gasteiger partial charge in [-0.2, -0.15) is 0 Å². The normalized spacial score (nSPS) is 11.3. The predicted molar refractivity (Wildman–Crippen MR) is 98.8 cm³/mol. The number of hydrogen-bond donors (Lipinski definition) is 3. The van der Waals surface area contributed by atoms with E-state index in [-0.39, 0.29) is 5.91 Å². The summed E-state index contributed by atoms with van der Waals surface area (Å²) in [5.41, 5.74) is 0.619. The van der Waals surface area contributed by atoms with E-state index in [9.17, 15) is 4.79 Å². The first kappa shape index (κ1) is 19.8. The average molecular weight is 334 g/mol. The SMILES string of the molecule is CCNC(=NCCC(C)C)NCCNC(=O)c1ccc(OC)cc1. The molecule has 134 valence electrons. The lowest BCUT2D eigenvalue weighted by atomic mass is 10.1. The molecule has 0 heterocycles. The number of benzene rings is 1. The van der Waals surface area contributed by atoms with E-state index in [4.69, 9.17) is 4.74 Å². The minimum Gasteiger partial charge on any atom is -0.497 e. The fourth-order valence-electron chi connectivity index (χ4n) is 1.98. The number of rotatable bonds is 9. The molecule has 1 amide bonds. The summed E-state index contributed by atoms with van der Waals surface area (Å²) >= 11 is 0. The molecule has 0 atom stereocenters. The second-order valence-corrected chi connectivity index (χ2v) is 5.85. The Labute approximate surface area is 145 Å². The molecule has 3 N–H and O–H groups in total. The first-order valence-corrected chi connectivity index (χ1v) is 8.51. The van der Waals surface area contributed by atoms with Gasteiger partial charge in [0.25, 0.3) is 5.91 Å². The van der Waals surface area contributed by atoms with Gasteiger partial charge in [-0.3, -0.25) is 9.79 Å². The van der Waals surface area contributed by atoms with Crippen LogP contribution >= 0.6 is 0 Å². The molecule has 0 saturated carbocycles. The average Bonchev–Trinajstić information content (AvgIpc) is 2.58. The van der Waals surface area contributed by atoms with E-state index in [1.165, 1.54) is 0 Å². The van der Waals surface area contributed by atoms with Crippen LogP contribution in [0.1, 0.15) is 37.6 Å². The quantitative estimate of drug-likeness (QED) is 0.367. The lowest BCUT2D eigenvalue weighted by Gasteiger charge is -2.12. The van der Waals surface area contributed by atoms with Crippen molar-refractivity contribution in [2.75, 3.05) is 33.3 Å². The zero-order valence-electron chi connectivity index (χ0n) is 15.2. The predicted octanol–water partition coefficient (Wildman–Crippen LogP) is 2.03. The molecule has 0 unspecified atom stereocenters. The van der Waals surface area contributed by atoms with Crippen LogP contribution < -0.4 is 20.7 Å². The summed E-state index contributed by atoms with van der Waals surface area (Å²) in [5, 5.41) is 9.31. The van der Waals surface area contributed by atoms with Gasteiger partial charge in [-0.05, 0) is 43.5 Å². The Morgan fingerprint density at radius 1 is 1.12 bits per heavy atom. The van der Waals surface area contributed by atoms with Crippen LogP contribution in [0.25, 0.3) is 0 Å². The van der Waals surface area contributed by atoms with Gasteiger partial charge in [0, 0.05) is 31.7 Å². The number of nitrogens with one attached hydrogen (secondary N) is 3. The lowest BCUT2D eigenvalue weighted by molar-refractivity contribution is 0.0954. The molecule has 0 aliphatic heterocycles. The molecule has 0 bridgehead atoms. The van der Waals surface area contributed by atoms with Gasteiger partial charge in [0.15, 0.2) is 5.96 Å². The molecule has 6 heteroatoms. The van der Waals surface area contributed by atoms with Gasteiger partial charge in [-0.15, -0.1) is 0 Å². The molecule has 24 heavy (non-hydrogen) atoms. The molecule has 0 aliphatic rings. The zero-order chi connectivity index (χ0) is 17.8. The second kappa shape index (κ2) is 11.3. The number of guanidine groups is 1. The largest absolute Gasteiger partial charge is 0.497 e. The molecule has 0 spiro atoms. The van der Waals surface area contributed by atoms with E-state index in [0.717, 1.165) is 31.2 Å². The number of ether oxygens (including phenoxy) is 1. The van der Waals surface area contributed by atoms with E-state index in [1.807, 2.05) is 6.92 Å². The third kappa shape index (κ3) is 7.85. The van der Waals surface area contributed by atoms with Crippen molar-refractivity contribution in [2.45, 2.75) is 27.2 Å². The van der Waals surface area contributed by atoms with Crippen LogP contribution in [-0.2, 0) is 0 Å². The van der Waals surface area contributed by atoms with Crippen LogP contribution in [0, 0.1) is 5.92 Å². The van der Waals surface area contributed by atoms with Crippen LogP contribution in [0.4, 0.5) is 0 Å². The van der Waals surface area contributed by atoms with Crippen LogP contribution in [0.2, 0.25) is 0 Å². The van der Waals surface area contributed by atoms with E-state index >= 15 is 0 Å². The third-order valence-corrected chi connectivity index (χ3v) is 3.38. The molecule has 6 nitrogen and oxygen atoms in total. The van der Waals surface area contributed by atoms with Gasteiger partial charge < -0.3 is 20.7 Å². The Morgan fingerprint density at radius 2 is 1.79 bits per heavy atom. The van der Waals surface area contributed by atoms with E-state index < -0.39 is 0 Å². The van der Waals surface area contributed by atoms with E-state index in [1.54, 1.807) is 31.4 Å². The standard InChI is InChI=1S/C18H30N4O2/c1-5-19-18(21-11-10-14(2)3)22-13-12-20-17(23)15-6-8-16(24-4)9-7-15/h6-9,14H,5,10-13H2,1-4H3,(H,20,23)(H2,19,21,22). The summed E-state index contributed by atoms with van der Waals surface area (Å²) in [6.45, 7) is 9.16. The maximum atomic E-state index is 12.0. The highest BCUT2D eigenvalue weighted by molar-refractivity contribution is 5.94. The van der Waals surface area contributed by atoms with Crippen molar-refractivity contribution in [2.24, 2.45) is 10.9 Å². The monoisotopic (exact) mass is 334 g/mol. The van der Waals surface area contributed by atoms with Crippen LogP contribution in [0.3, 0.4) is 0 Å². The number of amides is 1. The first-order chi connectivity index (χ1) is 11.6. The van der Waals surface area contributed by atoms with Crippen molar-refractivity contribution >= 4 is 11.9 Å². The minimum atomic E-state index is -0.0961. The highest BCUT2D eigenvalue weighted by Gasteiger charge is 2.05. The van der Waals surface area contributed by atoms with Gasteiger partial charge in [-0.25, -0.2) is 0 Å². The maximum Gasteiger partial charge on any atom is 0.251 e. The zero-order valence-corrected chi connectivity index (χ0v) is 15.2. The van der Waals surface area contributed by atoms with E-state index in [0.29, 0.717) is 24.6 Å². The van der Waals surface area contributed by atoms with Gasteiger partial charge in [0.1, 0.15) is 5.75 Å². The Morgan fingerprint density at radius 3 is 2.38 bits per heavy atom. The summed E-state index contributed by atoms with van der Waals surface area (Å²) < 4.78 is 5.08. The Balaban J connectivity index is 2.34. The molecular formula is C18H30N4O2. The highest BCUT2D eigenvalue weighted by Crippen LogP contribution is 2.10. The summed E-state index contributed by atoms with van der Waals surface area (Å²) in [7, 11) is 1.60. The lowest BCUT2D eigenvalue weighted by Crippen LogP contribution is -2.41. The number of nitrogens with zero attached hydrogens (tertiary/aromatic N) is 1. The molecule has 0 fully saturated rings. The van der Waals surface area contributed by atoms with Crippen LogP contribution in [-0.4, -0.2) is 45.2 Å². The first-order valence-electron chi connectivity index (χ1n) is 8.51. The molecule has 1 aromatic rings. The number of hydrogen-bond acceptors (Lipinski definition) is 3. The van der Waals surface area contributed by atoms with Crippen molar-refractivity contribution in [3.63, 3.8) is 0 Å².